The molecule has 2 aromatic carbocycles. The molecule has 0 spiro atoms. The second kappa shape index (κ2) is 7.92. The minimum absolute atomic E-state index is 0.0934. The topological polar surface area (TPSA) is 130 Å². The third-order valence-corrected chi connectivity index (χ3v) is 5.27. The maximum Gasteiger partial charge on any atom is 0.273 e. The highest BCUT2D eigenvalue weighted by Crippen LogP contribution is 2.24. The molecule has 0 aliphatic carbocycles. The van der Waals surface area contributed by atoms with Crippen LogP contribution >= 0.6 is 11.8 Å². The van der Waals surface area contributed by atoms with Gasteiger partial charge in [-0.1, -0.05) is 12.1 Å². The SMILES string of the molecule is CSCC[C@@H](NC(=O)c1n[nH]c2ccc([N+](=O)[O-])cc12)c1nc2ccccc2[nH]1. The number of fused-ring (bicyclic) bond motifs is 2. The van der Waals surface area contributed by atoms with Crippen LogP contribution in [0.25, 0.3) is 21.9 Å². The molecule has 4 rings (SSSR count). The van der Waals surface area contributed by atoms with E-state index in [9.17, 15) is 14.9 Å². The van der Waals surface area contributed by atoms with Crippen LogP contribution in [0.15, 0.2) is 42.5 Å². The Labute approximate surface area is 169 Å². The first-order valence-corrected chi connectivity index (χ1v) is 10.3. The van der Waals surface area contributed by atoms with Crippen molar-refractivity contribution >= 4 is 45.3 Å². The van der Waals surface area contributed by atoms with Gasteiger partial charge in [0.2, 0.25) is 0 Å². The average molecular weight is 410 g/mol. The van der Waals surface area contributed by atoms with E-state index >= 15 is 0 Å². The van der Waals surface area contributed by atoms with Crippen LogP contribution in [0, 0.1) is 10.1 Å². The fraction of sp³-hybridized carbons (Fsp3) is 0.211. The van der Waals surface area contributed by atoms with Gasteiger partial charge in [-0.3, -0.25) is 20.0 Å². The lowest BCUT2D eigenvalue weighted by Gasteiger charge is -2.15. The summed E-state index contributed by atoms with van der Waals surface area (Å²) in [6.07, 6.45) is 2.67. The number of carbonyl (C=O) groups excluding carboxylic acids is 1. The van der Waals surface area contributed by atoms with Crippen molar-refractivity contribution in [2.75, 3.05) is 12.0 Å². The fourth-order valence-electron chi connectivity index (χ4n) is 3.17. The zero-order valence-electron chi connectivity index (χ0n) is 15.5. The number of hydrogen-bond acceptors (Lipinski definition) is 6. The van der Waals surface area contributed by atoms with Gasteiger partial charge in [0.1, 0.15) is 5.82 Å². The molecule has 4 aromatic rings. The average Bonchev–Trinajstić information content (AvgIpc) is 3.34. The number of nitrogens with zero attached hydrogens (tertiary/aromatic N) is 3. The van der Waals surface area contributed by atoms with Gasteiger partial charge in [-0.2, -0.15) is 16.9 Å². The van der Waals surface area contributed by atoms with Crippen molar-refractivity contribution in [3.8, 4) is 0 Å². The monoisotopic (exact) mass is 410 g/mol. The largest absolute Gasteiger partial charge is 0.341 e. The number of rotatable bonds is 7. The molecule has 29 heavy (non-hydrogen) atoms. The number of carbonyl (C=O) groups is 1. The standard InChI is InChI=1S/C19H18N6O3S/c1-29-9-8-16(18-20-14-4-2-3-5-15(14)21-18)22-19(26)17-12-10-11(25(27)28)6-7-13(12)23-24-17/h2-7,10,16H,8-9H2,1H3,(H,20,21)(H,22,26)(H,23,24)/t16-/m1/s1. The lowest BCUT2D eigenvalue weighted by atomic mass is 10.1. The van der Waals surface area contributed by atoms with Crippen LogP contribution in [0.3, 0.4) is 0 Å². The Morgan fingerprint density at radius 1 is 1.28 bits per heavy atom. The molecular weight excluding hydrogens is 392 g/mol. The second-order valence-corrected chi connectivity index (χ2v) is 7.49. The van der Waals surface area contributed by atoms with E-state index in [1.54, 1.807) is 17.8 Å². The lowest BCUT2D eigenvalue weighted by Crippen LogP contribution is -2.30. The highest BCUT2D eigenvalue weighted by atomic mass is 32.2. The van der Waals surface area contributed by atoms with Gasteiger partial charge < -0.3 is 10.3 Å². The van der Waals surface area contributed by atoms with Crippen molar-refractivity contribution in [2.45, 2.75) is 12.5 Å². The van der Waals surface area contributed by atoms with Gasteiger partial charge in [0.15, 0.2) is 5.69 Å². The van der Waals surface area contributed by atoms with Crippen molar-refractivity contribution < 1.29 is 9.72 Å². The minimum atomic E-state index is -0.496. The molecule has 1 atom stereocenters. The fourth-order valence-corrected chi connectivity index (χ4v) is 3.64. The smallest absolute Gasteiger partial charge is 0.273 e. The number of nitrogens with one attached hydrogen (secondary N) is 3. The van der Waals surface area contributed by atoms with Crippen LogP contribution < -0.4 is 5.32 Å². The summed E-state index contributed by atoms with van der Waals surface area (Å²) in [6.45, 7) is 0. The first kappa shape index (κ1) is 18.9. The number of nitro groups is 1. The number of amides is 1. The zero-order valence-corrected chi connectivity index (χ0v) is 16.3. The molecule has 10 heteroatoms. The number of aromatic nitrogens is 4. The Kier molecular flexibility index (Phi) is 5.17. The number of para-hydroxylation sites is 2. The van der Waals surface area contributed by atoms with Gasteiger partial charge in [-0.25, -0.2) is 4.98 Å². The Morgan fingerprint density at radius 3 is 2.86 bits per heavy atom. The summed E-state index contributed by atoms with van der Waals surface area (Å²) in [5, 5.41) is 21.3. The number of hydrogen-bond donors (Lipinski definition) is 3. The molecule has 0 radical (unpaired) electrons. The van der Waals surface area contributed by atoms with Gasteiger partial charge in [0.25, 0.3) is 11.6 Å². The molecule has 0 saturated heterocycles. The predicted molar refractivity (Wildman–Crippen MR) is 112 cm³/mol. The first-order chi connectivity index (χ1) is 14.1. The number of benzene rings is 2. The van der Waals surface area contributed by atoms with Crippen LogP contribution in [-0.4, -0.2) is 43.0 Å². The Hall–Kier alpha value is -3.40. The quantitative estimate of drug-likeness (QED) is 0.315. The van der Waals surface area contributed by atoms with Crippen molar-refractivity contribution in [2.24, 2.45) is 0 Å². The number of nitro benzene ring substituents is 1. The van der Waals surface area contributed by atoms with Crippen LogP contribution in [0.4, 0.5) is 5.69 Å². The molecular formula is C19H18N6O3S. The van der Waals surface area contributed by atoms with Crippen LogP contribution in [0.1, 0.15) is 28.8 Å². The van der Waals surface area contributed by atoms with Gasteiger partial charge >= 0.3 is 0 Å². The van der Waals surface area contributed by atoms with E-state index in [1.165, 1.54) is 12.1 Å². The Morgan fingerprint density at radius 2 is 2.10 bits per heavy atom. The second-order valence-electron chi connectivity index (χ2n) is 6.51. The first-order valence-electron chi connectivity index (χ1n) is 8.94. The number of imidazole rings is 1. The maximum absolute atomic E-state index is 13.0. The van der Waals surface area contributed by atoms with E-state index in [2.05, 4.69) is 25.5 Å². The normalized spacial score (nSPS) is 12.3. The number of non-ortho nitro benzene ring substituents is 1. The van der Waals surface area contributed by atoms with Crippen molar-refractivity contribution in [3.05, 3.63) is 64.1 Å². The summed E-state index contributed by atoms with van der Waals surface area (Å²) in [5.74, 6) is 1.08. The number of aromatic amines is 2. The van der Waals surface area contributed by atoms with Crippen molar-refractivity contribution in [3.63, 3.8) is 0 Å². The summed E-state index contributed by atoms with van der Waals surface area (Å²) in [4.78, 5) is 31.4. The van der Waals surface area contributed by atoms with E-state index < -0.39 is 10.8 Å². The molecule has 3 N–H and O–H groups in total. The molecule has 9 nitrogen and oxygen atoms in total. The predicted octanol–water partition coefficient (Wildman–Crippen LogP) is 3.57. The lowest BCUT2D eigenvalue weighted by molar-refractivity contribution is -0.384. The van der Waals surface area contributed by atoms with Gasteiger partial charge in [0.05, 0.1) is 27.5 Å². The highest BCUT2D eigenvalue weighted by Gasteiger charge is 2.23. The van der Waals surface area contributed by atoms with Crippen molar-refractivity contribution in [1.82, 2.24) is 25.5 Å². The Bertz CT molecular complexity index is 1170. The van der Waals surface area contributed by atoms with E-state index in [0.717, 1.165) is 16.8 Å². The minimum Gasteiger partial charge on any atom is -0.341 e. The maximum atomic E-state index is 13.0. The molecule has 0 aliphatic heterocycles. The molecule has 2 aromatic heterocycles. The highest BCUT2D eigenvalue weighted by molar-refractivity contribution is 7.98. The van der Waals surface area contributed by atoms with Gasteiger partial charge in [0, 0.05) is 17.5 Å². The molecule has 0 saturated carbocycles. The summed E-state index contributed by atoms with van der Waals surface area (Å²) in [6, 6.07) is 11.6. The van der Waals surface area contributed by atoms with Crippen molar-refractivity contribution in [1.29, 1.82) is 0 Å². The summed E-state index contributed by atoms with van der Waals surface area (Å²) in [5.41, 5.74) is 2.31. The third-order valence-electron chi connectivity index (χ3n) is 4.63. The van der Waals surface area contributed by atoms with Crippen LogP contribution in [0.5, 0.6) is 0 Å². The van der Waals surface area contributed by atoms with Gasteiger partial charge in [-0.05, 0) is 36.6 Å². The zero-order chi connectivity index (χ0) is 20.4. The molecule has 0 unspecified atom stereocenters. The summed E-state index contributed by atoms with van der Waals surface area (Å²) >= 11 is 1.67. The van der Waals surface area contributed by atoms with Crippen LogP contribution in [0.2, 0.25) is 0 Å². The summed E-state index contributed by atoms with van der Waals surface area (Å²) in [7, 11) is 0. The molecule has 0 aliphatic rings. The van der Waals surface area contributed by atoms with Crippen LogP contribution in [-0.2, 0) is 0 Å². The van der Waals surface area contributed by atoms with Gasteiger partial charge in [-0.15, -0.1) is 0 Å². The molecule has 1 amide bonds. The number of thioether (sulfide) groups is 1. The Balaban J connectivity index is 1.65. The third kappa shape index (κ3) is 3.79. The van der Waals surface area contributed by atoms with E-state index in [4.69, 9.17) is 0 Å². The van der Waals surface area contributed by atoms with E-state index in [0.29, 0.717) is 23.1 Å². The summed E-state index contributed by atoms with van der Waals surface area (Å²) < 4.78 is 0. The molecule has 0 fully saturated rings. The number of H-pyrrole nitrogens is 2. The molecule has 2 heterocycles. The molecule has 0 bridgehead atoms. The van der Waals surface area contributed by atoms with E-state index in [1.807, 2.05) is 30.5 Å². The molecule has 148 valence electrons. The van der Waals surface area contributed by atoms with E-state index in [-0.39, 0.29) is 17.4 Å².